The number of ketones is 1. The molecule has 1 unspecified atom stereocenters. The topological polar surface area (TPSA) is 72.7 Å². The molecule has 0 N–H and O–H groups in total. The highest BCUT2D eigenvalue weighted by Gasteiger charge is 2.26. The molecule has 1 aliphatic heterocycles. The number of ether oxygens (including phenoxy) is 1. The van der Waals surface area contributed by atoms with Crippen molar-refractivity contribution in [2.75, 3.05) is 31.7 Å². The third kappa shape index (κ3) is 2.96. The van der Waals surface area contributed by atoms with Crippen LogP contribution in [0.3, 0.4) is 0 Å². The highest BCUT2D eigenvalue weighted by atomic mass is 16.6. The van der Waals surface area contributed by atoms with Crippen LogP contribution in [-0.4, -0.2) is 37.5 Å². The van der Waals surface area contributed by atoms with E-state index in [0.717, 1.165) is 25.2 Å². The minimum absolute atomic E-state index is 0.0495. The lowest BCUT2D eigenvalue weighted by Crippen LogP contribution is -2.23. The maximum Gasteiger partial charge on any atom is 0.270 e. The van der Waals surface area contributed by atoms with Crippen molar-refractivity contribution in [1.29, 1.82) is 0 Å². The maximum absolute atomic E-state index is 11.7. The molecule has 1 aromatic carbocycles. The molecule has 6 nitrogen and oxygen atoms in total. The standard InChI is InChI=1S/C14H18N2O4/c1-10(17)13-7-12(16(18)19)3-4-14(13)15-6-5-11(8-15)9-20-2/h3-4,7,11H,5-6,8-9H2,1-2H3. The summed E-state index contributed by atoms with van der Waals surface area (Å²) in [6, 6.07) is 4.48. The second-order valence-corrected chi connectivity index (χ2v) is 5.07. The summed E-state index contributed by atoms with van der Waals surface area (Å²) in [4.78, 5) is 24.2. The van der Waals surface area contributed by atoms with E-state index in [-0.39, 0.29) is 11.5 Å². The Morgan fingerprint density at radius 2 is 2.30 bits per heavy atom. The molecule has 1 aliphatic rings. The summed E-state index contributed by atoms with van der Waals surface area (Å²) < 4.78 is 5.16. The minimum atomic E-state index is -0.478. The summed E-state index contributed by atoms with van der Waals surface area (Å²) in [5.41, 5.74) is 1.14. The van der Waals surface area contributed by atoms with Crippen molar-refractivity contribution in [3.05, 3.63) is 33.9 Å². The summed E-state index contributed by atoms with van der Waals surface area (Å²) in [5, 5.41) is 10.8. The van der Waals surface area contributed by atoms with Gasteiger partial charge in [0.1, 0.15) is 0 Å². The van der Waals surface area contributed by atoms with Gasteiger partial charge in [-0.1, -0.05) is 0 Å². The fourth-order valence-corrected chi connectivity index (χ4v) is 2.62. The first-order chi connectivity index (χ1) is 9.52. The first-order valence-electron chi connectivity index (χ1n) is 6.56. The van der Waals surface area contributed by atoms with E-state index in [9.17, 15) is 14.9 Å². The second-order valence-electron chi connectivity index (χ2n) is 5.07. The van der Waals surface area contributed by atoms with Crippen LogP contribution >= 0.6 is 0 Å². The van der Waals surface area contributed by atoms with E-state index in [0.29, 0.717) is 18.1 Å². The zero-order valence-corrected chi connectivity index (χ0v) is 11.7. The van der Waals surface area contributed by atoms with Crippen molar-refractivity contribution in [2.45, 2.75) is 13.3 Å². The number of nitro benzene ring substituents is 1. The van der Waals surface area contributed by atoms with Crippen LogP contribution in [0.2, 0.25) is 0 Å². The Kier molecular flexibility index (Phi) is 4.34. The van der Waals surface area contributed by atoms with Crippen molar-refractivity contribution < 1.29 is 14.5 Å². The normalized spacial score (nSPS) is 18.3. The molecule has 0 radical (unpaired) electrons. The molecule has 0 saturated carbocycles. The van der Waals surface area contributed by atoms with E-state index >= 15 is 0 Å². The predicted molar refractivity (Wildman–Crippen MR) is 75.3 cm³/mol. The van der Waals surface area contributed by atoms with Gasteiger partial charge in [0.15, 0.2) is 5.78 Å². The lowest BCUT2D eigenvalue weighted by Gasteiger charge is -2.21. The van der Waals surface area contributed by atoms with Gasteiger partial charge in [-0.15, -0.1) is 0 Å². The number of hydrogen-bond donors (Lipinski definition) is 0. The molecule has 0 spiro atoms. The Morgan fingerprint density at radius 3 is 2.90 bits per heavy atom. The van der Waals surface area contributed by atoms with Crippen LogP contribution in [0, 0.1) is 16.0 Å². The number of anilines is 1. The number of carbonyl (C=O) groups is 1. The molecular formula is C14H18N2O4. The molecular weight excluding hydrogens is 260 g/mol. The Hall–Kier alpha value is -1.95. The molecule has 20 heavy (non-hydrogen) atoms. The van der Waals surface area contributed by atoms with E-state index < -0.39 is 4.92 Å². The molecule has 0 aromatic heterocycles. The van der Waals surface area contributed by atoms with Gasteiger partial charge >= 0.3 is 0 Å². The summed E-state index contributed by atoms with van der Waals surface area (Å²) in [6.07, 6.45) is 1.00. The lowest BCUT2D eigenvalue weighted by molar-refractivity contribution is -0.384. The van der Waals surface area contributed by atoms with Crippen molar-refractivity contribution in [2.24, 2.45) is 5.92 Å². The van der Waals surface area contributed by atoms with Gasteiger partial charge in [0.2, 0.25) is 0 Å². The predicted octanol–water partition coefficient (Wildman–Crippen LogP) is 2.27. The summed E-state index contributed by atoms with van der Waals surface area (Å²) in [7, 11) is 1.68. The van der Waals surface area contributed by atoms with Crippen molar-refractivity contribution in [1.82, 2.24) is 0 Å². The average Bonchev–Trinajstić information content (AvgIpc) is 2.86. The Balaban J connectivity index is 2.28. The highest BCUT2D eigenvalue weighted by molar-refractivity contribution is 6.00. The van der Waals surface area contributed by atoms with Crippen LogP contribution in [0.25, 0.3) is 0 Å². The van der Waals surface area contributed by atoms with Gasteiger partial charge in [-0.05, 0) is 19.4 Å². The molecule has 0 bridgehead atoms. The van der Waals surface area contributed by atoms with Crippen LogP contribution in [0.4, 0.5) is 11.4 Å². The Morgan fingerprint density at radius 1 is 1.55 bits per heavy atom. The van der Waals surface area contributed by atoms with Gasteiger partial charge in [-0.25, -0.2) is 0 Å². The number of hydrogen-bond acceptors (Lipinski definition) is 5. The molecule has 0 aliphatic carbocycles. The molecule has 1 saturated heterocycles. The molecule has 6 heteroatoms. The van der Waals surface area contributed by atoms with Crippen LogP contribution in [0.1, 0.15) is 23.7 Å². The third-order valence-electron chi connectivity index (χ3n) is 3.60. The van der Waals surface area contributed by atoms with Gasteiger partial charge in [0.25, 0.3) is 5.69 Å². The molecule has 1 aromatic rings. The molecule has 0 amide bonds. The highest BCUT2D eigenvalue weighted by Crippen LogP contribution is 2.30. The van der Waals surface area contributed by atoms with Gasteiger partial charge in [0, 0.05) is 49.5 Å². The average molecular weight is 278 g/mol. The minimum Gasteiger partial charge on any atom is -0.384 e. The third-order valence-corrected chi connectivity index (χ3v) is 3.60. The van der Waals surface area contributed by atoms with Gasteiger partial charge in [0.05, 0.1) is 11.5 Å². The number of methoxy groups -OCH3 is 1. The van der Waals surface area contributed by atoms with Crippen LogP contribution in [0.5, 0.6) is 0 Å². The fourth-order valence-electron chi connectivity index (χ4n) is 2.62. The number of rotatable bonds is 5. The van der Waals surface area contributed by atoms with Gasteiger partial charge in [-0.3, -0.25) is 14.9 Å². The van der Waals surface area contributed by atoms with Crippen molar-refractivity contribution >= 4 is 17.2 Å². The number of carbonyl (C=O) groups excluding carboxylic acids is 1. The number of nitro groups is 1. The maximum atomic E-state index is 11.7. The fraction of sp³-hybridized carbons (Fsp3) is 0.500. The molecule has 1 fully saturated rings. The SMILES string of the molecule is COCC1CCN(c2ccc([N+](=O)[O-])cc2C(C)=O)C1. The summed E-state index contributed by atoms with van der Waals surface area (Å²) in [5.74, 6) is 0.286. The Bertz CT molecular complexity index is 530. The molecule has 1 heterocycles. The first-order valence-corrected chi connectivity index (χ1v) is 6.56. The van der Waals surface area contributed by atoms with E-state index in [2.05, 4.69) is 4.90 Å². The molecule has 108 valence electrons. The van der Waals surface area contributed by atoms with Crippen molar-refractivity contribution in [3.63, 3.8) is 0 Å². The van der Waals surface area contributed by atoms with Gasteiger partial charge in [-0.2, -0.15) is 0 Å². The van der Waals surface area contributed by atoms with E-state index in [4.69, 9.17) is 4.74 Å². The van der Waals surface area contributed by atoms with E-state index in [1.54, 1.807) is 13.2 Å². The monoisotopic (exact) mass is 278 g/mol. The van der Waals surface area contributed by atoms with Crippen LogP contribution in [0.15, 0.2) is 18.2 Å². The quantitative estimate of drug-likeness (QED) is 0.469. The second kappa shape index (κ2) is 6.00. The molecule has 1 atom stereocenters. The van der Waals surface area contributed by atoms with Crippen molar-refractivity contribution in [3.8, 4) is 0 Å². The summed E-state index contributed by atoms with van der Waals surface area (Å²) in [6.45, 7) is 3.78. The number of Topliss-reactive ketones (excluding diaryl/α,β-unsaturated/α-hetero) is 1. The zero-order chi connectivity index (χ0) is 14.7. The summed E-state index contributed by atoms with van der Waals surface area (Å²) >= 11 is 0. The Labute approximate surface area is 117 Å². The van der Waals surface area contributed by atoms with Crippen LogP contribution in [-0.2, 0) is 4.74 Å². The number of nitrogens with zero attached hydrogens (tertiary/aromatic N) is 2. The van der Waals surface area contributed by atoms with E-state index in [1.807, 2.05) is 0 Å². The van der Waals surface area contributed by atoms with Gasteiger partial charge < -0.3 is 9.64 Å². The number of non-ortho nitro benzene ring substituents is 1. The number of benzene rings is 1. The lowest BCUT2D eigenvalue weighted by atomic mass is 10.1. The first kappa shape index (κ1) is 14.5. The zero-order valence-electron chi connectivity index (χ0n) is 11.7. The largest absolute Gasteiger partial charge is 0.384 e. The smallest absolute Gasteiger partial charge is 0.270 e. The van der Waals surface area contributed by atoms with Crippen LogP contribution < -0.4 is 4.90 Å². The van der Waals surface area contributed by atoms with E-state index in [1.165, 1.54) is 19.1 Å². The molecule has 2 rings (SSSR count).